The van der Waals surface area contributed by atoms with Crippen LogP contribution in [0.1, 0.15) is 51.4 Å². The molecule has 76 valence electrons. The molecule has 0 bridgehead atoms. The molecule has 0 heterocycles. The van der Waals surface area contributed by atoms with Crippen LogP contribution in [0.5, 0.6) is 0 Å². The van der Waals surface area contributed by atoms with Crippen LogP contribution in [-0.4, -0.2) is 5.78 Å². The molecule has 0 saturated heterocycles. The molecule has 0 radical (unpaired) electrons. The van der Waals surface area contributed by atoms with Crippen molar-refractivity contribution in [2.45, 2.75) is 51.4 Å². The van der Waals surface area contributed by atoms with Gasteiger partial charge in [-0.15, -0.1) is 0 Å². The number of carbonyl (C=O) groups excluding carboxylic acids is 1. The summed E-state index contributed by atoms with van der Waals surface area (Å²) in [5.41, 5.74) is 1.63. The quantitative estimate of drug-likeness (QED) is 0.536. The van der Waals surface area contributed by atoms with Gasteiger partial charge < -0.3 is 0 Å². The van der Waals surface area contributed by atoms with Gasteiger partial charge >= 0.3 is 0 Å². The van der Waals surface area contributed by atoms with Gasteiger partial charge in [0.1, 0.15) is 5.78 Å². The number of Topliss-reactive ketones (excluding diaryl/α,β-unsaturated/α-hetero) is 1. The first-order valence-electron chi connectivity index (χ1n) is 5.93. The predicted octanol–water partition coefficient (Wildman–Crippen LogP) is 3.25. The van der Waals surface area contributed by atoms with Crippen molar-refractivity contribution in [1.82, 2.24) is 0 Å². The molecule has 3 fully saturated rings. The first-order chi connectivity index (χ1) is 6.71. The third-order valence-corrected chi connectivity index (χ3v) is 5.05. The maximum Gasteiger partial charge on any atom is 0.143 e. The standard InChI is InChI=1S/C13H18O/c1-10-9-12-6-2-3-8-13(10,12)11(14)5-4-7-12/h1-9H2. The summed E-state index contributed by atoms with van der Waals surface area (Å²) in [6.07, 6.45) is 9.38. The summed E-state index contributed by atoms with van der Waals surface area (Å²) >= 11 is 0. The van der Waals surface area contributed by atoms with Gasteiger partial charge in [-0.3, -0.25) is 4.79 Å². The van der Waals surface area contributed by atoms with Crippen LogP contribution in [0.2, 0.25) is 0 Å². The zero-order chi connectivity index (χ0) is 9.81. The summed E-state index contributed by atoms with van der Waals surface area (Å²) in [4.78, 5) is 12.2. The topological polar surface area (TPSA) is 17.1 Å². The summed E-state index contributed by atoms with van der Waals surface area (Å²) in [7, 11) is 0. The Morgan fingerprint density at radius 1 is 1.07 bits per heavy atom. The van der Waals surface area contributed by atoms with Crippen LogP contribution in [0.4, 0.5) is 0 Å². The normalized spacial score (nSPS) is 46.6. The molecule has 0 N–H and O–H groups in total. The fraction of sp³-hybridized carbons (Fsp3) is 0.769. The van der Waals surface area contributed by atoms with Crippen LogP contribution in [-0.2, 0) is 4.79 Å². The fourth-order valence-electron chi connectivity index (χ4n) is 4.44. The first-order valence-corrected chi connectivity index (χ1v) is 5.93. The lowest BCUT2D eigenvalue weighted by Gasteiger charge is -2.65. The molecule has 3 saturated carbocycles. The molecule has 0 aromatic heterocycles. The smallest absolute Gasteiger partial charge is 0.143 e. The van der Waals surface area contributed by atoms with Gasteiger partial charge in [-0.1, -0.05) is 25.0 Å². The highest BCUT2D eigenvalue weighted by Crippen LogP contribution is 2.71. The van der Waals surface area contributed by atoms with E-state index in [-0.39, 0.29) is 5.41 Å². The number of ketones is 1. The monoisotopic (exact) mass is 190 g/mol. The molecule has 0 amide bonds. The molecule has 0 aromatic carbocycles. The molecular formula is C13H18O. The van der Waals surface area contributed by atoms with Crippen LogP contribution < -0.4 is 0 Å². The van der Waals surface area contributed by atoms with Crippen molar-refractivity contribution in [1.29, 1.82) is 0 Å². The lowest BCUT2D eigenvalue weighted by Crippen LogP contribution is -2.61. The van der Waals surface area contributed by atoms with E-state index in [0.717, 1.165) is 25.7 Å². The lowest BCUT2D eigenvalue weighted by atomic mass is 9.37. The van der Waals surface area contributed by atoms with Gasteiger partial charge in [0, 0.05) is 6.42 Å². The summed E-state index contributed by atoms with van der Waals surface area (Å²) in [6, 6.07) is 0. The Bertz CT molecular complexity index is 313. The van der Waals surface area contributed by atoms with Gasteiger partial charge in [-0.05, 0) is 37.5 Å². The van der Waals surface area contributed by atoms with Gasteiger partial charge in [0.25, 0.3) is 0 Å². The van der Waals surface area contributed by atoms with Crippen LogP contribution in [0.3, 0.4) is 0 Å². The van der Waals surface area contributed by atoms with Crippen molar-refractivity contribution in [2.75, 3.05) is 0 Å². The third kappa shape index (κ3) is 0.721. The SMILES string of the molecule is C=C1CC23CCCCC12C(=O)CCC3. The van der Waals surface area contributed by atoms with Crippen molar-refractivity contribution in [2.24, 2.45) is 10.8 Å². The average Bonchev–Trinajstić information content (AvgIpc) is 2.16. The van der Waals surface area contributed by atoms with Gasteiger partial charge in [0.2, 0.25) is 0 Å². The zero-order valence-corrected chi connectivity index (χ0v) is 8.77. The summed E-state index contributed by atoms with van der Waals surface area (Å²) in [5, 5.41) is 0. The highest BCUT2D eigenvalue weighted by Gasteiger charge is 2.66. The number of rotatable bonds is 0. The molecule has 1 nitrogen and oxygen atoms in total. The van der Waals surface area contributed by atoms with Crippen LogP contribution in [0, 0.1) is 10.8 Å². The summed E-state index contributed by atoms with van der Waals surface area (Å²) in [6.45, 7) is 4.14. The Kier molecular flexibility index (Phi) is 1.55. The molecule has 2 atom stereocenters. The van der Waals surface area contributed by atoms with E-state index in [1.54, 1.807) is 0 Å². The molecule has 3 aliphatic rings. The molecule has 14 heavy (non-hydrogen) atoms. The maximum atomic E-state index is 12.2. The second-order valence-electron chi connectivity index (χ2n) is 5.45. The van der Waals surface area contributed by atoms with Crippen LogP contribution >= 0.6 is 0 Å². The first kappa shape index (κ1) is 8.70. The van der Waals surface area contributed by atoms with Gasteiger partial charge in [0.15, 0.2) is 0 Å². The van der Waals surface area contributed by atoms with Gasteiger partial charge in [-0.2, -0.15) is 0 Å². The van der Waals surface area contributed by atoms with E-state index in [0.29, 0.717) is 11.2 Å². The number of hydrogen-bond acceptors (Lipinski definition) is 1. The molecule has 3 rings (SSSR count). The fourth-order valence-corrected chi connectivity index (χ4v) is 4.44. The molecule has 0 spiro atoms. The predicted molar refractivity (Wildman–Crippen MR) is 55.9 cm³/mol. The molecule has 0 aliphatic heterocycles. The van der Waals surface area contributed by atoms with Crippen LogP contribution in [0.15, 0.2) is 12.2 Å². The Morgan fingerprint density at radius 2 is 1.79 bits per heavy atom. The molecule has 1 heteroatoms. The van der Waals surface area contributed by atoms with Crippen molar-refractivity contribution in [3.63, 3.8) is 0 Å². The molecular weight excluding hydrogens is 172 g/mol. The van der Waals surface area contributed by atoms with Crippen molar-refractivity contribution in [3.8, 4) is 0 Å². The second kappa shape index (κ2) is 2.50. The Labute approximate surface area is 85.6 Å². The lowest BCUT2D eigenvalue weighted by molar-refractivity contribution is -0.154. The zero-order valence-electron chi connectivity index (χ0n) is 8.77. The highest BCUT2D eigenvalue weighted by molar-refractivity contribution is 5.91. The Hall–Kier alpha value is -0.590. The van der Waals surface area contributed by atoms with Crippen molar-refractivity contribution < 1.29 is 4.79 Å². The molecule has 3 aliphatic carbocycles. The number of allylic oxidation sites excluding steroid dienone is 1. The minimum Gasteiger partial charge on any atom is -0.299 e. The third-order valence-electron chi connectivity index (χ3n) is 5.05. The molecule has 2 unspecified atom stereocenters. The average molecular weight is 190 g/mol. The number of carbonyl (C=O) groups is 1. The van der Waals surface area contributed by atoms with Crippen molar-refractivity contribution >= 4 is 5.78 Å². The largest absolute Gasteiger partial charge is 0.299 e. The van der Waals surface area contributed by atoms with Gasteiger partial charge in [0.05, 0.1) is 5.41 Å². The summed E-state index contributed by atoms with van der Waals surface area (Å²) < 4.78 is 0. The van der Waals surface area contributed by atoms with Crippen LogP contribution in [0.25, 0.3) is 0 Å². The minimum atomic E-state index is -0.0243. The van der Waals surface area contributed by atoms with E-state index in [1.165, 1.54) is 31.3 Å². The van der Waals surface area contributed by atoms with E-state index in [1.807, 2.05) is 0 Å². The van der Waals surface area contributed by atoms with E-state index >= 15 is 0 Å². The minimum absolute atomic E-state index is 0.0243. The highest BCUT2D eigenvalue weighted by atomic mass is 16.1. The molecule has 0 aromatic rings. The second-order valence-corrected chi connectivity index (χ2v) is 5.45. The maximum absolute atomic E-state index is 12.2. The number of hydrogen-bond donors (Lipinski definition) is 0. The summed E-state index contributed by atoms with van der Waals surface area (Å²) in [5.74, 6) is 0.528. The van der Waals surface area contributed by atoms with Gasteiger partial charge in [-0.25, -0.2) is 0 Å². The van der Waals surface area contributed by atoms with E-state index in [4.69, 9.17) is 0 Å². The van der Waals surface area contributed by atoms with E-state index in [2.05, 4.69) is 6.58 Å². The van der Waals surface area contributed by atoms with Crippen molar-refractivity contribution in [3.05, 3.63) is 12.2 Å². The van der Waals surface area contributed by atoms with E-state index in [9.17, 15) is 4.79 Å². The Morgan fingerprint density at radius 3 is 2.50 bits per heavy atom. The van der Waals surface area contributed by atoms with E-state index < -0.39 is 0 Å². The Balaban J connectivity index is 2.07.